The van der Waals surface area contributed by atoms with Gasteiger partial charge in [0.05, 0.1) is 12.4 Å². The zero-order valence-electron chi connectivity index (χ0n) is 15.9. The maximum Gasteiger partial charge on any atom is 0.255 e. The third-order valence-electron chi connectivity index (χ3n) is 4.93. The van der Waals surface area contributed by atoms with Crippen LogP contribution in [0.3, 0.4) is 0 Å². The van der Waals surface area contributed by atoms with Crippen LogP contribution in [-0.2, 0) is 17.9 Å². The zero-order chi connectivity index (χ0) is 20.1. The highest BCUT2D eigenvalue weighted by atomic mass is 32.2. The second kappa shape index (κ2) is 8.96. The van der Waals surface area contributed by atoms with Crippen LogP contribution in [0.2, 0.25) is 0 Å². The first-order valence-corrected chi connectivity index (χ1v) is 10.6. The van der Waals surface area contributed by atoms with Crippen molar-refractivity contribution < 1.29 is 9.59 Å². The SMILES string of the molecule is O=C(NCc1ccccc1Cn1cccn1)C1CSCN1C(=O)c1ccccc1. The average Bonchev–Trinajstić information content (AvgIpc) is 3.45. The molecule has 1 saturated heterocycles. The van der Waals surface area contributed by atoms with Crippen molar-refractivity contribution in [3.8, 4) is 0 Å². The minimum Gasteiger partial charge on any atom is -0.350 e. The number of hydrogen-bond donors (Lipinski definition) is 1. The van der Waals surface area contributed by atoms with Crippen LogP contribution in [0.15, 0.2) is 73.1 Å². The van der Waals surface area contributed by atoms with Gasteiger partial charge in [0, 0.05) is 30.3 Å². The summed E-state index contributed by atoms with van der Waals surface area (Å²) in [6, 6.07) is 18.5. The molecule has 2 heterocycles. The van der Waals surface area contributed by atoms with E-state index in [1.54, 1.807) is 35.0 Å². The zero-order valence-corrected chi connectivity index (χ0v) is 16.7. The number of nitrogens with zero attached hydrogens (tertiary/aromatic N) is 3. The first-order chi connectivity index (χ1) is 14.2. The Bertz CT molecular complexity index is 975. The average molecular weight is 407 g/mol. The second-order valence-corrected chi connectivity index (χ2v) is 7.85. The lowest BCUT2D eigenvalue weighted by molar-refractivity contribution is -0.124. The highest BCUT2D eigenvalue weighted by Gasteiger charge is 2.34. The molecule has 3 aromatic rings. The minimum absolute atomic E-state index is 0.102. The summed E-state index contributed by atoms with van der Waals surface area (Å²) in [5.41, 5.74) is 2.76. The third-order valence-corrected chi connectivity index (χ3v) is 5.94. The number of carbonyl (C=O) groups excluding carboxylic acids is 2. The molecule has 29 heavy (non-hydrogen) atoms. The number of rotatable bonds is 6. The van der Waals surface area contributed by atoms with Gasteiger partial charge in [-0.3, -0.25) is 14.3 Å². The fraction of sp³-hybridized carbons (Fsp3) is 0.227. The third kappa shape index (κ3) is 4.51. The van der Waals surface area contributed by atoms with E-state index in [1.165, 1.54) is 0 Å². The molecule has 148 valence electrons. The Hall–Kier alpha value is -3.06. The molecule has 0 saturated carbocycles. The van der Waals surface area contributed by atoms with E-state index in [9.17, 15) is 9.59 Å². The Morgan fingerprint density at radius 1 is 1.03 bits per heavy atom. The second-order valence-electron chi connectivity index (χ2n) is 6.85. The maximum absolute atomic E-state index is 12.9. The van der Waals surface area contributed by atoms with E-state index in [-0.39, 0.29) is 11.8 Å². The Morgan fingerprint density at radius 3 is 2.55 bits per heavy atom. The number of amides is 2. The molecule has 1 atom stereocenters. The smallest absolute Gasteiger partial charge is 0.255 e. The summed E-state index contributed by atoms with van der Waals surface area (Å²) in [6.45, 7) is 1.07. The molecule has 1 fully saturated rings. The molecule has 0 spiro atoms. The van der Waals surface area contributed by atoms with Gasteiger partial charge in [-0.15, -0.1) is 11.8 Å². The molecule has 1 aliphatic rings. The number of hydrogen-bond acceptors (Lipinski definition) is 4. The summed E-state index contributed by atoms with van der Waals surface area (Å²) in [5, 5.41) is 7.27. The minimum atomic E-state index is -0.453. The summed E-state index contributed by atoms with van der Waals surface area (Å²) in [7, 11) is 0. The molecular weight excluding hydrogens is 384 g/mol. The van der Waals surface area contributed by atoms with Gasteiger partial charge in [0.15, 0.2) is 0 Å². The van der Waals surface area contributed by atoms with E-state index in [0.717, 1.165) is 11.1 Å². The van der Waals surface area contributed by atoms with Crippen molar-refractivity contribution in [3.63, 3.8) is 0 Å². The number of benzene rings is 2. The van der Waals surface area contributed by atoms with Crippen molar-refractivity contribution in [2.24, 2.45) is 0 Å². The maximum atomic E-state index is 12.9. The lowest BCUT2D eigenvalue weighted by atomic mass is 10.1. The fourth-order valence-corrected chi connectivity index (χ4v) is 4.51. The number of nitrogens with one attached hydrogen (secondary N) is 1. The largest absolute Gasteiger partial charge is 0.350 e. The Balaban J connectivity index is 1.41. The van der Waals surface area contributed by atoms with E-state index in [0.29, 0.717) is 30.3 Å². The van der Waals surface area contributed by atoms with Gasteiger partial charge < -0.3 is 10.2 Å². The van der Waals surface area contributed by atoms with Gasteiger partial charge in [-0.25, -0.2) is 0 Å². The van der Waals surface area contributed by atoms with Gasteiger partial charge in [-0.05, 0) is 29.3 Å². The van der Waals surface area contributed by atoms with E-state index in [4.69, 9.17) is 0 Å². The lowest BCUT2D eigenvalue weighted by Crippen LogP contribution is -2.47. The lowest BCUT2D eigenvalue weighted by Gasteiger charge is -2.23. The van der Waals surface area contributed by atoms with Gasteiger partial charge >= 0.3 is 0 Å². The van der Waals surface area contributed by atoms with Gasteiger partial charge in [-0.1, -0.05) is 42.5 Å². The van der Waals surface area contributed by atoms with Crippen molar-refractivity contribution in [2.45, 2.75) is 19.1 Å². The Morgan fingerprint density at radius 2 is 1.79 bits per heavy atom. The molecule has 0 aliphatic carbocycles. The van der Waals surface area contributed by atoms with Crippen molar-refractivity contribution in [2.75, 3.05) is 11.6 Å². The molecular formula is C22H22N4O2S. The van der Waals surface area contributed by atoms with Crippen molar-refractivity contribution in [3.05, 3.63) is 89.7 Å². The van der Waals surface area contributed by atoms with Crippen molar-refractivity contribution in [1.82, 2.24) is 20.0 Å². The molecule has 2 amide bonds. The van der Waals surface area contributed by atoms with Gasteiger partial charge in [-0.2, -0.15) is 5.10 Å². The van der Waals surface area contributed by atoms with Gasteiger partial charge in [0.2, 0.25) is 5.91 Å². The van der Waals surface area contributed by atoms with Crippen LogP contribution >= 0.6 is 11.8 Å². The molecule has 1 unspecified atom stereocenters. The number of carbonyl (C=O) groups is 2. The van der Waals surface area contributed by atoms with Crippen molar-refractivity contribution >= 4 is 23.6 Å². The summed E-state index contributed by atoms with van der Waals surface area (Å²) in [6.07, 6.45) is 3.67. The molecule has 1 aromatic heterocycles. The summed E-state index contributed by atoms with van der Waals surface area (Å²) >= 11 is 1.60. The number of aromatic nitrogens is 2. The first-order valence-electron chi connectivity index (χ1n) is 9.48. The molecule has 1 N–H and O–H groups in total. The molecule has 0 bridgehead atoms. The summed E-state index contributed by atoms with van der Waals surface area (Å²) in [5.74, 6) is 0.920. The highest BCUT2D eigenvalue weighted by molar-refractivity contribution is 7.99. The van der Waals surface area contributed by atoms with Crippen LogP contribution in [-0.4, -0.2) is 44.2 Å². The molecule has 7 heteroatoms. The summed E-state index contributed by atoms with van der Waals surface area (Å²) in [4.78, 5) is 27.3. The van der Waals surface area contributed by atoms with E-state index < -0.39 is 6.04 Å². The molecule has 2 aromatic carbocycles. The van der Waals surface area contributed by atoms with Crippen molar-refractivity contribution in [1.29, 1.82) is 0 Å². The fourth-order valence-electron chi connectivity index (χ4n) is 3.36. The van der Waals surface area contributed by atoms with Crippen LogP contribution in [0.1, 0.15) is 21.5 Å². The van der Waals surface area contributed by atoms with Gasteiger partial charge in [0.25, 0.3) is 5.91 Å². The topological polar surface area (TPSA) is 67.2 Å². The Labute approximate surface area is 173 Å². The predicted octanol–water partition coefficient (Wildman–Crippen LogP) is 2.76. The van der Waals surface area contributed by atoms with Crippen LogP contribution < -0.4 is 5.32 Å². The summed E-state index contributed by atoms with van der Waals surface area (Å²) < 4.78 is 1.86. The predicted molar refractivity (Wildman–Crippen MR) is 113 cm³/mol. The van der Waals surface area contributed by atoms with Crippen LogP contribution in [0, 0.1) is 0 Å². The normalized spacial score (nSPS) is 16.0. The first kappa shape index (κ1) is 19.3. The Kier molecular flexibility index (Phi) is 5.95. The van der Waals surface area contributed by atoms with Gasteiger partial charge in [0.1, 0.15) is 6.04 Å². The standard InChI is InChI=1S/C22H22N4O2S/c27-21(20-15-29-16-26(20)22(28)17-7-2-1-3-8-17)23-13-18-9-4-5-10-19(18)14-25-12-6-11-24-25/h1-12,20H,13-16H2,(H,23,27). The van der Waals surface area contributed by atoms with Crippen LogP contribution in [0.5, 0.6) is 0 Å². The van der Waals surface area contributed by atoms with Crippen LogP contribution in [0.25, 0.3) is 0 Å². The van der Waals surface area contributed by atoms with E-state index in [2.05, 4.69) is 10.4 Å². The molecule has 4 rings (SSSR count). The molecule has 6 nitrogen and oxygen atoms in total. The van der Waals surface area contributed by atoms with E-state index >= 15 is 0 Å². The monoisotopic (exact) mass is 406 g/mol. The van der Waals surface area contributed by atoms with E-state index in [1.807, 2.05) is 59.4 Å². The molecule has 1 aliphatic heterocycles. The molecule has 0 radical (unpaired) electrons. The highest BCUT2D eigenvalue weighted by Crippen LogP contribution is 2.23. The number of thioether (sulfide) groups is 1. The van der Waals surface area contributed by atoms with Crippen LogP contribution in [0.4, 0.5) is 0 Å². The quantitative estimate of drug-likeness (QED) is 0.684.